The number of anilines is 3. The molecule has 0 fully saturated rings. The highest BCUT2D eigenvalue weighted by Gasteiger charge is 2.20. The van der Waals surface area contributed by atoms with Crippen molar-refractivity contribution in [1.82, 2.24) is 0 Å². The third-order valence-corrected chi connectivity index (χ3v) is 10.3. The molecule has 0 bridgehead atoms. The second-order valence-electron chi connectivity index (χ2n) is 13.3. The Labute approximate surface area is 302 Å². The van der Waals surface area contributed by atoms with Gasteiger partial charge < -0.3 is 9.32 Å². The Morgan fingerprint density at radius 1 is 0.346 bits per heavy atom. The average molecular weight is 664 g/mol. The standard InChI is InChI=1S/C50H33NO/c1-2-13-35(14-3-1)43-19-8-10-23-46(43)51(39-29-25-36(26-30-39)42-22-12-17-34-15-4-6-18-41(34)42)40-31-27-37(28-32-40)49-44-20-7-5-16-38(44)33-48-50(49)45-21-9-11-24-47(45)52-48/h1-33H. The zero-order chi connectivity index (χ0) is 34.4. The number of nitrogens with zero attached hydrogens (tertiary/aromatic N) is 1. The molecule has 10 rings (SSSR count). The summed E-state index contributed by atoms with van der Waals surface area (Å²) in [5.41, 5.74) is 12.2. The first-order chi connectivity index (χ1) is 25.8. The molecule has 52 heavy (non-hydrogen) atoms. The van der Waals surface area contributed by atoms with Crippen LogP contribution in [-0.4, -0.2) is 0 Å². The Morgan fingerprint density at radius 2 is 0.904 bits per heavy atom. The first kappa shape index (κ1) is 30.0. The molecule has 0 saturated carbocycles. The van der Waals surface area contributed by atoms with E-state index in [-0.39, 0.29) is 0 Å². The first-order valence-corrected chi connectivity index (χ1v) is 17.8. The SMILES string of the molecule is c1ccc(-c2ccccc2N(c2ccc(-c3cccc4ccccc34)cc2)c2ccc(-c3c4ccccc4cc4oc5ccccc5c34)cc2)cc1. The summed E-state index contributed by atoms with van der Waals surface area (Å²) >= 11 is 0. The largest absolute Gasteiger partial charge is 0.456 e. The Kier molecular flexibility index (Phi) is 7.18. The van der Waals surface area contributed by atoms with Gasteiger partial charge in [-0.2, -0.15) is 0 Å². The molecule has 0 aliphatic carbocycles. The first-order valence-electron chi connectivity index (χ1n) is 17.8. The maximum Gasteiger partial charge on any atom is 0.136 e. The predicted molar refractivity (Wildman–Crippen MR) is 220 cm³/mol. The van der Waals surface area contributed by atoms with Crippen LogP contribution in [0.25, 0.3) is 76.9 Å². The van der Waals surface area contributed by atoms with E-state index in [1.165, 1.54) is 44.0 Å². The van der Waals surface area contributed by atoms with Crippen molar-refractivity contribution in [3.8, 4) is 33.4 Å². The lowest BCUT2D eigenvalue weighted by Crippen LogP contribution is -2.11. The van der Waals surface area contributed by atoms with Gasteiger partial charge in [-0.1, -0.05) is 158 Å². The summed E-state index contributed by atoms with van der Waals surface area (Å²) in [6.45, 7) is 0. The number of furan rings is 1. The van der Waals surface area contributed by atoms with Gasteiger partial charge in [-0.25, -0.2) is 0 Å². The molecule has 0 radical (unpaired) electrons. The molecule has 2 heteroatoms. The molecular formula is C50H33NO. The maximum absolute atomic E-state index is 6.41. The molecule has 244 valence electrons. The topological polar surface area (TPSA) is 16.4 Å². The van der Waals surface area contributed by atoms with E-state index in [4.69, 9.17) is 4.42 Å². The molecule has 1 heterocycles. The highest BCUT2D eigenvalue weighted by molar-refractivity contribution is 6.20. The summed E-state index contributed by atoms with van der Waals surface area (Å²) < 4.78 is 6.41. The van der Waals surface area contributed by atoms with Crippen molar-refractivity contribution >= 4 is 60.5 Å². The molecule has 9 aromatic carbocycles. The summed E-state index contributed by atoms with van der Waals surface area (Å²) in [6.07, 6.45) is 0. The zero-order valence-electron chi connectivity index (χ0n) is 28.4. The number of hydrogen-bond donors (Lipinski definition) is 0. The van der Waals surface area contributed by atoms with Crippen LogP contribution in [0.4, 0.5) is 17.1 Å². The van der Waals surface area contributed by atoms with E-state index in [1.54, 1.807) is 0 Å². The summed E-state index contributed by atoms with van der Waals surface area (Å²) in [4.78, 5) is 2.38. The summed E-state index contributed by atoms with van der Waals surface area (Å²) in [5.74, 6) is 0. The predicted octanol–water partition coefficient (Wildman–Crippen LogP) is 14.4. The Hall–Kier alpha value is -6.90. The monoisotopic (exact) mass is 663 g/mol. The van der Waals surface area contributed by atoms with Crippen LogP contribution in [0.2, 0.25) is 0 Å². The summed E-state index contributed by atoms with van der Waals surface area (Å²) in [5, 5.41) is 7.16. The number of hydrogen-bond acceptors (Lipinski definition) is 2. The van der Waals surface area contributed by atoms with Crippen molar-refractivity contribution in [2.45, 2.75) is 0 Å². The van der Waals surface area contributed by atoms with Crippen LogP contribution in [0.3, 0.4) is 0 Å². The van der Waals surface area contributed by atoms with E-state index >= 15 is 0 Å². The van der Waals surface area contributed by atoms with Gasteiger partial charge in [-0.05, 0) is 86.3 Å². The lowest BCUT2D eigenvalue weighted by Gasteiger charge is -2.28. The molecule has 10 aromatic rings. The normalized spacial score (nSPS) is 11.5. The van der Waals surface area contributed by atoms with Crippen LogP contribution in [0.5, 0.6) is 0 Å². The summed E-state index contributed by atoms with van der Waals surface area (Å²) in [7, 11) is 0. The second-order valence-corrected chi connectivity index (χ2v) is 13.3. The van der Waals surface area contributed by atoms with Gasteiger partial charge in [-0.3, -0.25) is 0 Å². The molecule has 0 aliphatic heterocycles. The Balaban J connectivity index is 1.14. The third-order valence-electron chi connectivity index (χ3n) is 10.3. The van der Waals surface area contributed by atoms with Crippen LogP contribution >= 0.6 is 0 Å². The van der Waals surface area contributed by atoms with E-state index in [1.807, 2.05) is 6.07 Å². The number of fused-ring (bicyclic) bond motifs is 5. The molecule has 0 saturated heterocycles. The van der Waals surface area contributed by atoms with Crippen molar-refractivity contribution < 1.29 is 4.42 Å². The number of rotatable bonds is 6. The van der Waals surface area contributed by atoms with Crippen molar-refractivity contribution in [3.63, 3.8) is 0 Å². The minimum Gasteiger partial charge on any atom is -0.456 e. The fourth-order valence-electron chi connectivity index (χ4n) is 7.85. The second kappa shape index (κ2) is 12.5. The van der Waals surface area contributed by atoms with Gasteiger partial charge in [0.15, 0.2) is 0 Å². The molecule has 0 amide bonds. The van der Waals surface area contributed by atoms with Crippen LogP contribution in [0.15, 0.2) is 205 Å². The van der Waals surface area contributed by atoms with Crippen molar-refractivity contribution in [3.05, 3.63) is 200 Å². The minimum absolute atomic E-state index is 0.904. The zero-order valence-corrected chi connectivity index (χ0v) is 28.4. The molecule has 0 atom stereocenters. The lowest BCUT2D eigenvalue weighted by atomic mass is 9.93. The molecule has 1 aromatic heterocycles. The van der Waals surface area contributed by atoms with Crippen LogP contribution in [0, 0.1) is 0 Å². The summed E-state index contributed by atoms with van der Waals surface area (Å²) in [6, 6.07) is 71.7. The van der Waals surface area contributed by atoms with Gasteiger partial charge in [0, 0.05) is 33.3 Å². The van der Waals surface area contributed by atoms with Gasteiger partial charge in [-0.15, -0.1) is 0 Å². The highest BCUT2D eigenvalue weighted by Crippen LogP contribution is 2.45. The van der Waals surface area contributed by atoms with Crippen molar-refractivity contribution in [2.75, 3.05) is 4.90 Å². The van der Waals surface area contributed by atoms with Gasteiger partial charge in [0.25, 0.3) is 0 Å². The van der Waals surface area contributed by atoms with Gasteiger partial charge in [0.2, 0.25) is 0 Å². The molecular weight excluding hydrogens is 631 g/mol. The Morgan fingerprint density at radius 3 is 1.69 bits per heavy atom. The fourth-order valence-corrected chi connectivity index (χ4v) is 7.85. The molecule has 0 spiro atoms. The lowest BCUT2D eigenvalue weighted by molar-refractivity contribution is 0.669. The molecule has 0 N–H and O–H groups in total. The average Bonchev–Trinajstić information content (AvgIpc) is 3.59. The molecule has 0 aliphatic rings. The van der Waals surface area contributed by atoms with Crippen molar-refractivity contribution in [2.24, 2.45) is 0 Å². The van der Waals surface area contributed by atoms with Crippen LogP contribution in [-0.2, 0) is 0 Å². The van der Waals surface area contributed by atoms with Gasteiger partial charge in [0.1, 0.15) is 11.2 Å². The van der Waals surface area contributed by atoms with Gasteiger partial charge >= 0.3 is 0 Å². The van der Waals surface area contributed by atoms with E-state index in [0.717, 1.165) is 50.0 Å². The third kappa shape index (κ3) is 5.04. The Bertz CT molecular complexity index is 2880. The quantitative estimate of drug-likeness (QED) is 0.176. The number of benzene rings is 9. The maximum atomic E-state index is 6.41. The van der Waals surface area contributed by atoms with Gasteiger partial charge in [0.05, 0.1) is 5.69 Å². The highest BCUT2D eigenvalue weighted by atomic mass is 16.3. The van der Waals surface area contributed by atoms with E-state index in [9.17, 15) is 0 Å². The van der Waals surface area contributed by atoms with Crippen LogP contribution < -0.4 is 4.90 Å². The van der Waals surface area contributed by atoms with Crippen molar-refractivity contribution in [1.29, 1.82) is 0 Å². The number of para-hydroxylation sites is 2. The smallest absolute Gasteiger partial charge is 0.136 e. The fraction of sp³-hybridized carbons (Fsp3) is 0. The molecule has 2 nitrogen and oxygen atoms in total. The van der Waals surface area contributed by atoms with Crippen LogP contribution in [0.1, 0.15) is 0 Å². The molecule has 0 unspecified atom stereocenters. The van der Waals surface area contributed by atoms with E-state index in [2.05, 4.69) is 199 Å². The van der Waals surface area contributed by atoms with E-state index < -0.39 is 0 Å². The van der Waals surface area contributed by atoms with E-state index in [0.29, 0.717) is 0 Å². The minimum atomic E-state index is 0.904.